The molecule has 0 atom stereocenters. The third-order valence-corrected chi connectivity index (χ3v) is 4.08. The quantitative estimate of drug-likeness (QED) is 0.543. The number of rotatable bonds is 3. The summed E-state index contributed by atoms with van der Waals surface area (Å²) in [6, 6.07) is 9.77. The van der Waals surface area contributed by atoms with Crippen LogP contribution in [0.25, 0.3) is 11.0 Å². The number of para-hydroxylation sites is 1. The minimum atomic E-state index is -0.489. The van der Waals surface area contributed by atoms with E-state index in [1.54, 1.807) is 38.1 Å². The number of nitrogens with zero attached hydrogens (tertiary/aromatic N) is 1. The molecule has 1 heterocycles. The topological polar surface area (TPSA) is 85.4 Å². The van der Waals surface area contributed by atoms with Crippen LogP contribution in [0.1, 0.15) is 21.7 Å². The van der Waals surface area contributed by atoms with Crippen LogP contribution >= 0.6 is 11.6 Å². The van der Waals surface area contributed by atoms with Crippen LogP contribution in [0.15, 0.2) is 40.8 Å². The number of carbonyl (C=O) groups is 1. The molecule has 1 N–H and O–H groups in total. The zero-order chi connectivity index (χ0) is 17.4. The molecule has 7 heteroatoms. The maximum absolute atomic E-state index is 12.5. The van der Waals surface area contributed by atoms with Gasteiger partial charge in [0.15, 0.2) is 11.3 Å². The van der Waals surface area contributed by atoms with Crippen molar-refractivity contribution in [3.05, 3.63) is 68.4 Å². The number of anilines is 1. The first-order chi connectivity index (χ1) is 11.4. The molecule has 0 spiro atoms. The van der Waals surface area contributed by atoms with Crippen molar-refractivity contribution in [2.75, 3.05) is 5.32 Å². The second kappa shape index (κ2) is 5.98. The number of hydrogen-bond acceptors (Lipinski definition) is 4. The molecule has 1 aromatic heterocycles. The number of nitro groups is 1. The van der Waals surface area contributed by atoms with Gasteiger partial charge in [-0.1, -0.05) is 29.8 Å². The van der Waals surface area contributed by atoms with E-state index in [1.807, 2.05) is 6.07 Å². The molecule has 0 saturated heterocycles. The minimum Gasteiger partial charge on any atom is -0.449 e. The van der Waals surface area contributed by atoms with Crippen molar-refractivity contribution in [3.63, 3.8) is 0 Å². The average molecular weight is 345 g/mol. The van der Waals surface area contributed by atoms with E-state index in [9.17, 15) is 14.9 Å². The molecule has 0 saturated carbocycles. The first-order valence-corrected chi connectivity index (χ1v) is 7.50. The lowest BCUT2D eigenvalue weighted by molar-refractivity contribution is -0.385. The second-order valence-electron chi connectivity index (χ2n) is 5.39. The van der Waals surface area contributed by atoms with Gasteiger partial charge in [0.05, 0.1) is 9.95 Å². The number of amides is 1. The van der Waals surface area contributed by atoms with Crippen LogP contribution in [-0.2, 0) is 0 Å². The lowest BCUT2D eigenvalue weighted by atomic mass is 10.1. The van der Waals surface area contributed by atoms with Gasteiger partial charge in [-0.2, -0.15) is 0 Å². The van der Waals surface area contributed by atoms with Crippen molar-refractivity contribution in [1.82, 2.24) is 0 Å². The summed E-state index contributed by atoms with van der Waals surface area (Å²) in [5, 5.41) is 14.8. The normalized spacial score (nSPS) is 10.8. The van der Waals surface area contributed by atoms with E-state index in [0.717, 1.165) is 5.39 Å². The maximum atomic E-state index is 12.5. The lowest BCUT2D eigenvalue weighted by Gasteiger charge is -2.05. The van der Waals surface area contributed by atoms with Gasteiger partial charge < -0.3 is 9.73 Å². The fourth-order valence-corrected chi connectivity index (χ4v) is 2.71. The van der Waals surface area contributed by atoms with Gasteiger partial charge in [0.1, 0.15) is 0 Å². The molecule has 0 bridgehead atoms. The molecule has 0 aliphatic carbocycles. The zero-order valence-corrected chi connectivity index (χ0v) is 13.7. The molecule has 0 fully saturated rings. The molecule has 3 rings (SSSR count). The fraction of sp³-hybridized carbons (Fsp3) is 0.118. The van der Waals surface area contributed by atoms with Gasteiger partial charge >= 0.3 is 0 Å². The highest BCUT2D eigenvalue weighted by molar-refractivity contribution is 6.35. The van der Waals surface area contributed by atoms with Crippen LogP contribution in [0.2, 0.25) is 5.02 Å². The predicted molar refractivity (Wildman–Crippen MR) is 91.7 cm³/mol. The molecule has 3 aromatic rings. The van der Waals surface area contributed by atoms with E-state index in [4.69, 9.17) is 16.0 Å². The van der Waals surface area contributed by atoms with Crippen LogP contribution in [0.5, 0.6) is 0 Å². The molecule has 0 aliphatic heterocycles. The molecule has 122 valence electrons. The Balaban J connectivity index is 1.96. The number of hydrogen-bond donors (Lipinski definition) is 1. The first kappa shape index (κ1) is 16.0. The molecule has 0 aliphatic rings. The number of furan rings is 1. The smallest absolute Gasteiger partial charge is 0.291 e. The number of nitro benzene ring substituents is 1. The SMILES string of the molecule is Cc1ccc(NC(=O)c2oc3c(Cl)cccc3c2C)cc1[N+](=O)[O-]. The highest BCUT2D eigenvalue weighted by atomic mass is 35.5. The Kier molecular flexibility index (Phi) is 3.99. The van der Waals surface area contributed by atoms with Crippen molar-refractivity contribution in [2.24, 2.45) is 0 Å². The number of nitrogens with one attached hydrogen (secondary N) is 1. The van der Waals surface area contributed by atoms with Gasteiger partial charge in [0, 0.05) is 28.3 Å². The van der Waals surface area contributed by atoms with Gasteiger partial charge in [-0.15, -0.1) is 0 Å². The minimum absolute atomic E-state index is 0.0582. The Bertz CT molecular complexity index is 978. The molecule has 0 radical (unpaired) electrons. The van der Waals surface area contributed by atoms with Crippen LogP contribution < -0.4 is 5.32 Å². The van der Waals surface area contributed by atoms with Gasteiger partial charge in [0.2, 0.25) is 0 Å². The van der Waals surface area contributed by atoms with E-state index in [2.05, 4.69) is 5.32 Å². The number of carbonyl (C=O) groups excluding carboxylic acids is 1. The molecule has 24 heavy (non-hydrogen) atoms. The number of halogens is 1. The van der Waals surface area contributed by atoms with Gasteiger partial charge in [-0.3, -0.25) is 14.9 Å². The molecular formula is C17H13ClN2O4. The van der Waals surface area contributed by atoms with Gasteiger partial charge in [-0.05, 0) is 26.0 Å². The predicted octanol–water partition coefficient (Wildman–Crippen LogP) is 4.86. The molecule has 6 nitrogen and oxygen atoms in total. The third-order valence-electron chi connectivity index (χ3n) is 3.79. The van der Waals surface area contributed by atoms with Crippen molar-refractivity contribution in [3.8, 4) is 0 Å². The van der Waals surface area contributed by atoms with Crippen molar-refractivity contribution >= 4 is 39.9 Å². The highest BCUT2D eigenvalue weighted by Crippen LogP contribution is 2.31. The Morgan fingerprint density at radius 1 is 1.25 bits per heavy atom. The Morgan fingerprint density at radius 2 is 2.00 bits per heavy atom. The monoisotopic (exact) mass is 344 g/mol. The van der Waals surface area contributed by atoms with Crippen LogP contribution in [-0.4, -0.2) is 10.8 Å². The number of fused-ring (bicyclic) bond motifs is 1. The second-order valence-corrected chi connectivity index (χ2v) is 5.79. The van der Waals surface area contributed by atoms with E-state index in [-0.39, 0.29) is 11.4 Å². The largest absolute Gasteiger partial charge is 0.449 e. The Labute approximate surface area is 142 Å². The summed E-state index contributed by atoms with van der Waals surface area (Å²) in [5.74, 6) is -0.362. The molecule has 0 unspecified atom stereocenters. The lowest BCUT2D eigenvalue weighted by Crippen LogP contribution is -2.12. The molecular weight excluding hydrogens is 332 g/mol. The standard InChI is InChI=1S/C17H13ClN2O4/c1-9-6-7-11(8-14(9)20(22)23)19-17(21)15-10(2)12-4-3-5-13(18)16(12)24-15/h3-8H,1-2H3,(H,19,21). The van der Waals surface area contributed by atoms with Gasteiger partial charge in [0.25, 0.3) is 11.6 Å². The summed E-state index contributed by atoms with van der Waals surface area (Å²) in [7, 11) is 0. The van der Waals surface area contributed by atoms with E-state index < -0.39 is 10.8 Å². The summed E-state index contributed by atoms with van der Waals surface area (Å²) in [4.78, 5) is 23.0. The summed E-state index contributed by atoms with van der Waals surface area (Å²) in [6.07, 6.45) is 0. The van der Waals surface area contributed by atoms with Crippen LogP contribution in [0.4, 0.5) is 11.4 Å². The average Bonchev–Trinajstić information content (AvgIpc) is 2.88. The van der Waals surface area contributed by atoms with Crippen molar-refractivity contribution < 1.29 is 14.1 Å². The van der Waals surface area contributed by atoms with E-state index in [1.165, 1.54) is 6.07 Å². The third kappa shape index (κ3) is 2.72. The van der Waals surface area contributed by atoms with Crippen molar-refractivity contribution in [2.45, 2.75) is 13.8 Å². The number of benzene rings is 2. The van der Waals surface area contributed by atoms with Crippen molar-refractivity contribution in [1.29, 1.82) is 0 Å². The number of aryl methyl sites for hydroxylation is 2. The molecule has 1 amide bonds. The van der Waals surface area contributed by atoms with E-state index >= 15 is 0 Å². The maximum Gasteiger partial charge on any atom is 0.291 e. The summed E-state index contributed by atoms with van der Waals surface area (Å²) in [6.45, 7) is 3.39. The van der Waals surface area contributed by atoms with Gasteiger partial charge in [-0.25, -0.2) is 0 Å². The van der Waals surface area contributed by atoms with Crippen LogP contribution in [0, 0.1) is 24.0 Å². The fourth-order valence-electron chi connectivity index (χ4n) is 2.50. The highest BCUT2D eigenvalue weighted by Gasteiger charge is 2.20. The Morgan fingerprint density at radius 3 is 2.67 bits per heavy atom. The zero-order valence-electron chi connectivity index (χ0n) is 12.9. The van der Waals surface area contributed by atoms with E-state index in [0.29, 0.717) is 27.4 Å². The summed E-state index contributed by atoms with van der Waals surface area (Å²) in [5.41, 5.74) is 1.88. The summed E-state index contributed by atoms with van der Waals surface area (Å²) >= 11 is 6.08. The first-order valence-electron chi connectivity index (χ1n) is 7.12. The van der Waals surface area contributed by atoms with Crippen LogP contribution in [0.3, 0.4) is 0 Å². The Hall–Kier alpha value is -2.86. The molecule has 2 aromatic carbocycles. The summed E-state index contributed by atoms with van der Waals surface area (Å²) < 4.78 is 5.59.